The summed E-state index contributed by atoms with van der Waals surface area (Å²) in [7, 11) is -3.39. The number of hydrogen-bond donors (Lipinski definition) is 1. The zero-order valence-electron chi connectivity index (χ0n) is 17.9. The molecule has 31 heavy (non-hydrogen) atoms. The summed E-state index contributed by atoms with van der Waals surface area (Å²) in [5.41, 5.74) is 2.95. The van der Waals surface area contributed by atoms with E-state index in [2.05, 4.69) is 21.2 Å². The Morgan fingerprint density at radius 1 is 1.13 bits per heavy atom. The summed E-state index contributed by atoms with van der Waals surface area (Å²) in [5.74, 6) is 0.611. The number of benzene rings is 2. The van der Waals surface area contributed by atoms with Crippen LogP contribution in [0.2, 0.25) is 0 Å². The summed E-state index contributed by atoms with van der Waals surface area (Å²) in [6, 6.07) is 13.3. The monoisotopic (exact) mass is 508 g/mol. The van der Waals surface area contributed by atoms with Crippen molar-refractivity contribution in [1.29, 1.82) is 0 Å². The van der Waals surface area contributed by atoms with E-state index in [9.17, 15) is 13.2 Å². The maximum absolute atomic E-state index is 12.7. The zero-order chi connectivity index (χ0) is 22.4. The Kier molecular flexibility index (Phi) is 8.13. The maximum Gasteiger partial charge on any atom is 0.223 e. The molecule has 8 heteroatoms. The fourth-order valence-corrected chi connectivity index (χ4v) is 5.45. The average Bonchev–Trinajstić information content (AvgIpc) is 2.75. The number of piperidine rings is 1. The van der Waals surface area contributed by atoms with Gasteiger partial charge in [0, 0.05) is 23.5 Å². The van der Waals surface area contributed by atoms with Crippen LogP contribution in [0.3, 0.4) is 0 Å². The number of carbonyl (C=O) groups excluding carboxylic acids is 1. The van der Waals surface area contributed by atoms with E-state index in [4.69, 9.17) is 4.74 Å². The number of halogens is 1. The van der Waals surface area contributed by atoms with Crippen LogP contribution >= 0.6 is 15.9 Å². The Morgan fingerprint density at radius 2 is 1.81 bits per heavy atom. The third kappa shape index (κ3) is 6.79. The van der Waals surface area contributed by atoms with Crippen LogP contribution in [0.4, 0.5) is 0 Å². The number of aryl methyl sites for hydroxylation is 2. The molecule has 1 fully saturated rings. The first-order valence-electron chi connectivity index (χ1n) is 10.4. The molecule has 0 radical (unpaired) electrons. The normalized spacial score (nSPS) is 15.6. The molecule has 3 rings (SSSR count). The van der Waals surface area contributed by atoms with Crippen molar-refractivity contribution in [1.82, 2.24) is 9.62 Å². The van der Waals surface area contributed by atoms with Gasteiger partial charge < -0.3 is 10.1 Å². The molecule has 1 N–H and O–H groups in total. The van der Waals surface area contributed by atoms with E-state index in [1.54, 1.807) is 0 Å². The van der Waals surface area contributed by atoms with E-state index in [1.165, 1.54) is 4.31 Å². The quantitative estimate of drug-likeness (QED) is 0.550. The molecular formula is C23H29BrN2O4S. The number of nitrogens with zero attached hydrogens (tertiary/aromatic N) is 1. The van der Waals surface area contributed by atoms with Gasteiger partial charge in [-0.2, -0.15) is 0 Å². The van der Waals surface area contributed by atoms with Crippen molar-refractivity contribution >= 4 is 31.9 Å². The van der Waals surface area contributed by atoms with Crippen molar-refractivity contribution in [2.75, 3.05) is 26.2 Å². The Bertz CT molecular complexity index is 1000. The molecule has 0 unspecified atom stereocenters. The Balaban J connectivity index is 1.41. The first-order valence-corrected chi connectivity index (χ1v) is 12.8. The molecule has 6 nitrogen and oxygen atoms in total. The Hall–Kier alpha value is -1.90. The number of rotatable bonds is 8. The van der Waals surface area contributed by atoms with Crippen molar-refractivity contribution in [2.45, 2.75) is 32.4 Å². The van der Waals surface area contributed by atoms with Gasteiger partial charge >= 0.3 is 0 Å². The van der Waals surface area contributed by atoms with Crippen molar-refractivity contribution in [3.8, 4) is 5.75 Å². The van der Waals surface area contributed by atoms with E-state index in [-0.39, 0.29) is 17.6 Å². The minimum Gasteiger partial charge on any atom is -0.491 e. The highest BCUT2D eigenvalue weighted by Crippen LogP contribution is 2.23. The lowest BCUT2D eigenvalue weighted by Gasteiger charge is -2.30. The molecule has 1 aliphatic rings. The molecule has 1 aliphatic heterocycles. The predicted octanol–water partition coefficient (Wildman–Crippen LogP) is 3.80. The lowest BCUT2D eigenvalue weighted by molar-refractivity contribution is -0.126. The second kappa shape index (κ2) is 10.6. The van der Waals surface area contributed by atoms with Gasteiger partial charge in [-0.3, -0.25) is 4.79 Å². The summed E-state index contributed by atoms with van der Waals surface area (Å²) in [6.45, 7) is 5.57. The summed E-state index contributed by atoms with van der Waals surface area (Å²) in [5, 5.41) is 2.92. The largest absolute Gasteiger partial charge is 0.491 e. The zero-order valence-corrected chi connectivity index (χ0v) is 20.3. The number of amides is 1. The molecule has 1 amide bonds. The standard InChI is InChI=1S/C23H29BrN2O4S/c1-17-3-4-18(2)22(15-17)30-14-11-25-23(27)20-9-12-26(13-10-20)31(28,29)16-19-5-7-21(24)8-6-19/h3-8,15,20H,9-14,16H2,1-2H3,(H,25,27). The SMILES string of the molecule is Cc1ccc(C)c(OCCNC(=O)C2CCN(S(=O)(=O)Cc3ccc(Br)cc3)CC2)c1. The van der Waals surface area contributed by atoms with Gasteiger partial charge in [0.25, 0.3) is 0 Å². The second-order valence-corrected chi connectivity index (χ2v) is 10.8. The summed E-state index contributed by atoms with van der Waals surface area (Å²) >= 11 is 3.36. The molecule has 0 bridgehead atoms. The number of carbonyl (C=O) groups is 1. The molecule has 0 aliphatic carbocycles. The van der Waals surface area contributed by atoms with Crippen LogP contribution in [0.1, 0.15) is 29.5 Å². The second-order valence-electron chi connectivity index (χ2n) is 7.96. The van der Waals surface area contributed by atoms with Crippen molar-refractivity contribution in [2.24, 2.45) is 5.92 Å². The molecule has 168 valence electrons. The van der Waals surface area contributed by atoms with Gasteiger partial charge in [-0.15, -0.1) is 0 Å². The van der Waals surface area contributed by atoms with Gasteiger partial charge in [0.05, 0.1) is 12.3 Å². The topological polar surface area (TPSA) is 75.7 Å². The molecule has 2 aromatic carbocycles. The lowest BCUT2D eigenvalue weighted by atomic mass is 9.97. The first-order chi connectivity index (χ1) is 14.7. The van der Waals surface area contributed by atoms with Gasteiger partial charge in [-0.25, -0.2) is 12.7 Å². The van der Waals surface area contributed by atoms with Crippen LogP contribution in [-0.2, 0) is 20.6 Å². The molecular weight excluding hydrogens is 480 g/mol. The fraction of sp³-hybridized carbons (Fsp3) is 0.435. The van der Waals surface area contributed by atoms with E-state index in [1.807, 2.05) is 56.3 Å². The minimum absolute atomic E-state index is 0.0210. The Labute approximate surface area is 193 Å². The van der Waals surface area contributed by atoms with Crippen LogP contribution in [0.5, 0.6) is 5.75 Å². The number of ether oxygens (including phenoxy) is 1. The first kappa shape index (κ1) is 23.8. The predicted molar refractivity (Wildman–Crippen MR) is 125 cm³/mol. The van der Waals surface area contributed by atoms with Crippen molar-refractivity contribution in [3.05, 3.63) is 63.6 Å². The highest BCUT2D eigenvalue weighted by atomic mass is 79.9. The Morgan fingerprint density at radius 3 is 2.48 bits per heavy atom. The van der Waals surface area contributed by atoms with E-state index in [0.717, 1.165) is 26.9 Å². The highest BCUT2D eigenvalue weighted by molar-refractivity contribution is 9.10. The van der Waals surface area contributed by atoms with Gasteiger partial charge in [0.2, 0.25) is 15.9 Å². The van der Waals surface area contributed by atoms with E-state index < -0.39 is 10.0 Å². The third-order valence-electron chi connectivity index (χ3n) is 5.48. The summed E-state index contributed by atoms with van der Waals surface area (Å²) in [6.07, 6.45) is 1.06. The van der Waals surface area contributed by atoms with Crippen molar-refractivity contribution in [3.63, 3.8) is 0 Å². The minimum atomic E-state index is -3.39. The molecule has 1 saturated heterocycles. The fourth-order valence-electron chi connectivity index (χ4n) is 3.62. The smallest absolute Gasteiger partial charge is 0.223 e. The van der Waals surface area contributed by atoms with Gasteiger partial charge in [-0.1, -0.05) is 40.2 Å². The average molecular weight is 509 g/mol. The van der Waals surface area contributed by atoms with Crippen LogP contribution in [-0.4, -0.2) is 44.9 Å². The van der Waals surface area contributed by atoms with E-state index >= 15 is 0 Å². The van der Waals surface area contributed by atoms with Gasteiger partial charge in [-0.05, 0) is 61.6 Å². The third-order valence-corrected chi connectivity index (χ3v) is 7.86. The summed E-state index contributed by atoms with van der Waals surface area (Å²) in [4.78, 5) is 12.5. The van der Waals surface area contributed by atoms with Gasteiger partial charge in [0.1, 0.15) is 12.4 Å². The van der Waals surface area contributed by atoms with E-state index in [0.29, 0.717) is 39.1 Å². The van der Waals surface area contributed by atoms with Crippen LogP contribution in [0.15, 0.2) is 46.9 Å². The lowest BCUT2D eigenvalue weighted by Crippen LogP contribution is -2.43. The molecule has 2 aromatic rings. The van der Waals surface area contributed by atoms with Crippen LogP contribution in [0.25, 0.3) is 0 Å². The molecule has 0 atom stereocenters. The molecule has 0 spiro atoms. The maximum atomic E-state index is 12.7. The molecule has 0 aromatic heterocycles. The highest BCUT2D eigenvalue weighted by Gasteiger charge is 2.31. The molecule has 1 heterocycles. The van der Waals surface area contributed by atoms with Crippen molar-refractivity contribution < 1.29 is 17.9 Å². The summed E-state index contributed by atoms with van der Waals surface area (Å²) < 4.78 is 33.6. The number of sulfonamides is 1. The van der Waals surface area contributed by atoms with Gasteiger partial charge in [0.15, 0.2) is 0 Å². The molecule has 0 saturated carbocycles. The number of hydrogen-bond acceptors (Lipinski definition) is 4. The van der Waals surface area contributed by atoms with Crippen LogP contribution < -0.4 is 10.1 Å². The van der Waals surface area contributed by atoms with Crippen LogP contribution in [0, 0.1) is 19.8 Å². The number of nitrogens with one attached hydrogen (secondary N) is 1.